The molecule has 2 aromatic rings. The number of benzene rings is 2. The van der Waals surface area contributed by atoms with Crippen molar-refractivity contribution in [3.63, 3.8) is 0 Å². The van der Waals surface area contributed by atoms with E-state index in [2.05, 4.69) is 6.92 Å². The van der Waals surface area contributed by atoms with Gasteiger partial charge in [-0.15, -0.1) is 0 Å². The SMILES string of the molecule is CCCCC(C(=O)C=Cc1ccccc1)C(=O)C=Cc1ccccc1. The van der Waals surface area contributed by atoms with Gasteiger partial charge in [0.05, 0.1) is 5.92 Å². The van der Waals surface area contributed by atoms with Crippen molar-refractivity contribution in [3.8, 4) is 0 Å². The molecule has 0 heterocycles. The molecule has 0 fully saturated rings. The first kappa shape index (κ1) is 18.6. The summed E-state index contributed by atoms with van der Waals surface area (Å²) in [5.74, 6) is -0.847. The lowest BCUT2D eigenvalue weighted by atomic mass is 9.91. The van der Waals surface area contributed by atoms with Crippen molar-refractivity contribution < 1.29 is 9.59 Å². The number of hydrogen-bond acceptors (Lipinski definition) is 2. The minimum Gasteiger partial charge on any atom is -0.294 e. The molecule has 2 rings (SSSR count). The highest BCUT2D eigenvalue weighted by Crippen LogP contribution is 2.15. The van der Waals surface area contributed by atoms with Crippen LogP contribution in [0.1, 0.15) is 37.3 Å². The Labute approximate surface area is 149 Å². The molecule has 0 spiro atoms. The van der Waals surface area contributed by atoms with E-state index in [1.165, 1.54) is 12.2 Å². The van der Waals surface area contributed by atoms with Gasteiger partial charge in [0.15, 0.2) is 11.6 Å². The summed E-state index contributed by atoms with van der Waals surface area (Å²) in [6.07, 6.45) is 9.02. The van der Waals surface area contributed by atoms with Crippen molar-refractivity contribution >= 4 is 23.7 Å². The largest absolute Gasteiger partial charge is 0.294 e. The third kappa shape index (κ3) is 6.34. The molecule has 128 valence electrons. The maximum absolute atomic E-state index is 12.5. The molecule has 0 unspecified atom stereocenters. The van der Waals surface area contributed by atoms with Crippen LogP contribution in [0.5, 0.6) is 0 Å². The second-order valence-electron chi connectivity index (χ2n) is 5.99. The number of carbonyl (C=O) groups is 2. The molecule has 0 aliphatic rings. The Morgan fingerprint density at radius 3 is 1.64 bits per heavy atom. The summed E-state index contributed by atoms with van der Waals surface area (Å²) in [6.45, 7) is 2.06. The highest BCUT2D eigenvalue weighted by molar-refractivity contribution is 6.13. The van der Waals surface area contributed by atoms with E-state index in [9.17, 15) is 9.59 Å². The lowest BCUT2D eigenvalue weighted by Gasteiger charge is -2.10. The Balaban J connectivity index is 2.08. The van der Waals surface area contributed by atoms with Crippen molar-refractivity contribution in [2.24, 2.45) is 5.92 Å². The zero-order valence-corrected chi connectivity index (χ0v) is 14.6. The second-order valence-corrected chi connectivity index (χ2v) is 5.99. The fraction of sp³-hybridized carbons (Fsp3) is 0.217. The fourth-order valence-electron chi connectivity index (χ4n) is 2.55. The van der Waals surface area contributed by atoms with Gasteiger partial charge in [-0.05, 0) is 29.7 Å². The lowest BCUT2D eigenvalue weighted by Crippen LogP contribution is -2.21. The van der Waals surface area contributed by atoms with Crippen molar-refractivity contribution in [3.05, 3.63) is 83.9 Å². The molecule has 0 N–H and O–H groups in total. The standard InChI is InChI=1S/C23H24O2/c1-2-3-14-21(22(24)17-15-19-10-6-4-7-11-19)23(25)18-16-20-12-8-5-9-13-20/h4-13,15-18,21H,2-3,14H2,1H3. The van der Waals surface area contributed by atoms with E-state index in [-0.39, 0.29) is 11.6 Å². The molecule has 0 aromatic heterocycles. The quantitative estimate of drug-likeness (QED) is 0.458. The van der Waals surface area contributed by atoms with Crippen molar-refractivity contribution in [2.75, 3.05) is 0 Å². The Bertz CT molecular complexity index is 666. The average molecular weight is 332 g/mol. The van der Waals surface area contributed by atoms with Crippen LogP contribution in [-0.2, 0) is 9.59 Å². The van der Waals surface area contributed by atoms with E-state index in [4.69, 9.17) is 0 Å². The summed E-state index contributed by atoms with van der Waals surface area (Å²) in [7, 11) is 0. The molecule has 25 heavy (non-hydrogen) atoms. The number of allylic oxidation sites excluding steroid dienone is 2. The van der Waals surface area contributed by atoms with Gasteiger partial charge in [-0.1, -0.05) is 92.6 Å². The summed E-state index contributed by atoms with van der Waals surface area (Å²) in [4.78, 5) is 25.1. The minimum absolute atomic E-state index is 0.125. The normalized spacial score (nSPS) is 12.5. The number of carbonyl (C=O) groups excluding carboxylic acids is 2. The smallest absolute Gasteiger partial charge is 0.166 e. The number of hydrogen-bond donors (Lipinski definition) is 0. The summed E-state index contributed by atoms with van der Waals surface area (Å²) >= 11 is 0. The first-order valence-electron chi connectivity index (χ1n) is 8.74. The van der Waals surface area contributed by atoms with Crippen LogP contribution in [0.3, 0.4) is 0 Å². The van der Waals surface area contributed by atoms with E-state index in [0.717, 1.165) is 24.0 Å². The minimum atomic E-state index is -0.597. The predicted molar refractivity (Wildman–Crippen MR) is 104 cm³/mol. The monoisotopic (exact) mass is 332 g/mol. The molecule has 2 nitrogen and oxygen atoms in total. The van der Waals surface area contributed by atoms with Crippen molar-refractivity contribution in [2.45, 2.75) is 26.2 Å². The zero-order chi connectivity index (χ0) is 17.9. The highest BCUT2D eigenvalue weighted by Gasteiger charge is 2.21. The number of ketones is 2. The summed E-state index contributed by atoms with van der Waals surface area (Å²) in [5.41, 5.74) is 1.91. The van der Waals surface area contributed by atoms with Crippen LogP contribution in [0.15, 0.2) is 72.8 Å². The van der Waals surface area contributed by atoms with E-state index >= 15 is 0 Å². The average Bonchev–Trinajstić information content (AvgIpc) is 2.66. The zero-order valence-electron chi connectivity index (χ0n) is 14.6. The van der Waals surface area contributed by atoms with Gasteiger partial charge in [-0.2, -0.15) is 0 Å². The summed E-state index contributed by atoms with van der Waals surface area (Å²) in [5, 5.41) is 0. The Kier molecular flexibility index (Phi) is 7.58. The van der Waals surface area contributed by atoms with Crippen LogP contribution < -0.4 is 0 Å². The van der Waals surface area contributed by atoms with Gasteiger partial charge in [0.1, 0.15) is 0 Å². The molecular weight excluding hydrogens is 308 g/mol. The van der Waals surface area contributed by atoms with Crippen LogP contribution in [-0.4, -0.2) is 11.6 Å². The molecule has 0 saturated carbocycles. The first-order valence-corrected chi connectivity index (χ1v) is 8.74. The Morgan fingerprint density at radius 2 is 1.24 bits per heavy atom. The van der Waals surface area contributed by atoms with E-state index < -0.39 is 5.92 Å². The van der Waals surface area contributed by atoms with Crippen LogP contribution in [0.4, 0.5) is 0 Å². The highest BCUT2D eigenvalue weighted by atomic mass is 16.1. The number of unbranched alkanes of at least 4 members (excludes halogenated alkanes) is 1. The molecule has 0 amide bonds. The Hall–Kier alpha value is -2.74. The van der Waals surface area contributed by atoms with E-state index in [1.54, 1.807) is 12.2 Å². The van der Waals surface area contributed by atoms with Gasteiger partial charge in [0.25, 0.3) is 0 Å². The van der Waals surface area contributed by atoms with Gasteiger partial charge in [0, 0.05) is 0 Å². The van der Waals surface area contributed by atoms with Gasteiger partial charge < -0.3 is 0 Å². The molecule has 0 atom stereocenters. The second kappa shape index (κ2) is 10.2. The molecule has 2 heteroatoms. The van der Waals surface area contributed by atoms with E-state index in [0.29, 0.717) is 6.42 Å². The summed E-state index contributed by atoms with van der Waals surface area (Å²) in [6, 6.07) is 19.3. The predicted octanol–water partition coefficient (Wildman–Crippen LogP) is 5.36. The molecular formula is C23H24O2. The van der Waals surface area contributed by atoms with Gasteiger partial charge in [0.2, 0.25) is 0 Å². The lowest BCUT2D eigenvalue weighted by molar-refractivity contribution is -0.127. The molecule has 0 saturated heterocycles. The van der Waals surface area contributed by atoms with Crippen LogP contribution >= 0.6 is 0 Å². The van der Waals surface area contributed by atoms with E-state index in [1.807, 2.05) is 60.7 Å². The molecule has 2 aromatic carbocycles. The topological polar surface area (TPSA) is 34.1 Å². The van der Waals surface area contributed by atoms with Crippen LogP contribution in [0, 0.1) is 5.92 Å². The number of rotatable bonds is 9. The van der Waals surface area contributed by atoms with Gasteiger partial charge in [-0.25, -0.2) is 0 Å². The summed E-state index contributed by atoms with van der Waals surface area (Å²) < 4.78 is 0. The van der Waals surface area contributed by atoms with Gasteiger partial charge in [-0.3, -0.25) is 9.59 Å². The Morgan fingerprint density at radius 1 is 0.800 bits per heavy atom. The van der Waals surface area contributed by atoms with Crippen LogP contribution in [0.2, 0.25) is 0 Å². The molecule has 0 aliphatic heterocycles. The van der Waals surface area contributed by atoms with Crippen molar-refractivity contribution in [1.82, 2.24) is 0 Å². The fourth-order valence-corrected chi connectivity index (χ4v) is 2.55. The molecule has 0 bridgehead atoms. The third-order valence-corrected chi connectivity index (χ3v) is 4.01. The molecule has 0 radical (unpaired) electrons. The molecule has 0 aliphatic carbocycles. The maximum Gasteiger partial charge on any atom is 0.166 e. The van der Waals surface area contributed by atoms with Crippen molar-refractivity contribution in [1.29, 1.82) is 0 Å². The first-order chi connectivity index (χ1) is 12.2. The van der Waals surface area contributed by atoms with Crippen LogP contribution in [0.25, 0.3) is 12.2 Å². The third-order valence-electron chi connectivity index (χ3n) is 4.01. The van der Waals surface area contributed by atoms with Gasteiger partial charge >= 0.3 is 0 Å². The maximum atomic E-state index is 12.5.